The smallest absolute Gasteiger partial charge is 0.218 e. The van der Waals surface area contributed by atoms with Crippen LogP contribution in [0.25, 0.3) is 0 Å². The molecule has 1 atom stereocenters. The summed E-state index contributed by atoms with van der Waals surface area (Å²) in [5, 5.41) is 8.52. The van der Waals surface area contributed by atoms with E-state index < -0.39 is 0 Å². The number of hydrogen-bond donors (Lipinski definition) is 0. The first kappa shape index (κ1) is 9.02. The number of nitriles is 1. The quantitative estimate of drug-likeness (QED) is 0.619. The number of rotatable bonds is 2. The highest BCUT2D eigenvalue weighted by Crippen LogP contribution is 2.07. The van der Waals surface area contributed by atoms with Gasteiger partial charge in [-0.3, -0.25) is 0 Å². The fraction of sp³-hybridized carbons (Fsp3) is 0.222. The Balaban J connectivity index is 2.80. The number of terminal acetylenes is 1. The van der Waals surface area contributed by atoms with Crippen LogP contribution in [0.2, 0.25) is 0 Å². The maximum Gasteiger partial charge on any atom is 0.218 e. The first-order chi connectivity index (χ1) is 6.26. The average molecular weight is 173 g/mol. The normalized spacial score (nSPS) is 11.0. The number of hydrogen-bond acceptors (Lipinski definition) is 4. The molecule has 0 fully saturated rings. The molecule has 13 heavy (non-hydrogen) atoms. The Morgan fingerprint density at radius 3 is 3.00 bits per heavy atom. The zero-order valence-corrected chi connectivity index (χ0v) is 7.06. The third kappa shape index (κ3) is 2.46. The molecule has 1 aromatic rings. The molecule has 1 rings (SSSR count). The van der Waals surface area contributed by atoms with Crippen molar-refractivity contribution >= 4 is 0 Å². The van der Waals surface area contributed by atoms with Gasteiger partial charge in [0.25, 0.3) is 0 Å². The molecular weight excluding hydrogens is 166 g/mol. The average Bonchev–Trinajstić information content (AvgIpc) is 2.18. The van der Waals surface area contributed by atoms with Crippen LogP contribution >= 0.6 is 0 Å². The van der Waals surface area contributed by atoms with Crippen molar-refractivity contribution in [2.75, 3.05) is 0 Å². The molecule has 64 valence electrons. The van der Waals surface area contributed by atoms with E-state index in [4.69, 9.17) is 16.4 Å². The van der Waals surface area contributed by atoms with E-state index in [1.54, 1.807) is 6.92 Å². The van der Waals surface area contributed by atoms with E-state index in [9.17, 15) is 0 Å². The van der Waals surface area contributed by atoms with E-state index in [0.29, 0.717) is 5.88 Å². The molecule has 0 radical (unpaired) electrons. The van der Waals surface area contributed by atoms with E-state index in [-0.39, 0.29) is 11.8 Å². The Kier molecular flexibility index (Phi) is 2.83. The summed E-state index contributed by atoms with van der Waals surface area (Å²) in [5.41, 5.74) is 0.259. The molecule has 0 aliphatic heterocycles. The van der Waals surface area contributed by atoms with E-state index in [1.807, 2.05) is 6.07 Å². The molecule has 0 amide bonds. The number of aromatic nitrogens is 2. The molecule has 0 aliphatic carbocycles. The van der Waals surface area contributed by atoms with Gasteiger partial charge in [-0.25, -0.2) is 9.97 Å². The zero-order chi connectivity index (χ0) is 9.68. The summed E-state index contributed by atoms with van der Waals surface area (Å²) in [6.07, 6.45) is 6.01. The first-order valence-electron chi connectivity index (χ1n) is 3.61. The van der Waals surface area contributed by atoms with Crippen LogP contribution in [-0.4, -0.2) is 16.1 Å². The van der Waals surface area contributed by atoms with Crippen LogP contribution in [0, 0.1) is 23.7 Å². The van der Waals surface area contributed by atoms with Crippen molar-refractivity contribution in [2.45, 2.75) is 13.0 Å². The molecule has 0 saturated carbocycles. The highest BCUT2D eigenvalue weighted by atomic mass is 16.5. The molecular formula is C9H7N3O. The summed E-state index contributed by atoms with van der Waals surface area (Å²) < 4.78 is 5.17. The second kappa shape index (κ2) is 4.08. The maximum absolute atomic E-state index is 8.52. The lowest BCUT2D eigenvalue weighted by Gasteiger charge is -2.06. The lowest BCUT2D eigenvalue weighted by molar-refractivity contribution is 0.267. The van der Waals surface area contributed by atoms with E-state index in [0.717, 1.165) is 0 Å². The topological polar surface area (TPSA) is 58.8 Å². The van der Waals surface area contributed by atoms with Gasteiger partial charge in [-0.15, -0.1) is 6.42 Å². The van der Waals surface area contributed by atoms with Gasteiger partial charge in [0.15, 0.2) is 6.10 Å². The first-order valence-corrected chi connectivity index (χ1v) is 3.61. The van der Waals surface area contributed by atoms with Crippen LogP contribution in [0.15, 0.2) is 12.4 Å². The van der Waals surface area contributed by atoms with Gasteiger partial charge in [-0.05, 0) is 6.92 Å². The van der Waals surface area contributed by atoms with Gasteiger partial charge in [-0.1, -0.05) is 5.92 Å². The summed E-state index contributed by atoms with van der Waals surface area (Å²) in [6, 6.07) is 3.31. The Bertz CT molecular complexity index is 375. The van der Waals surface area contributed by atoms with Crippen molar-refractivity contribution in [2.24, 2.45) is 0 Å². The maximum atomic E-state index is 8.52. The van der Waals surface area contributed by atoms with E-state index in [1.165, 1.54) is 12.4 Å². The molecule has 4 nitrogen and oxygen atoms in total. The summed E-state index contributed by atoms with van der Waals surface area (Å²) >= 11 is 0. The molecule has 0 bridgehead atoms. The summed E-state index contributed by atoms with van der Waals surface area (Å²) in [5.74, 6) is 2.70. The molecule has 1 aromatic heterocycles. The molecule has 0 aromatic carbocycles. The van der Waals surface area contributed by atoms with Gasteiger partial charge in [0.05, 0.1) is 0 Å². The van der Waals surface area contributed by atoms with Crippen LogP contribution in [0.5, 0.6) is 5.88 Å². The second-order valence-electron chi connectivity index (χ2n) is 2.28. The minimum absolute atomic E-state index is 0.259. The van der Waals surface area contributed by atoms with Crippen molar-refractivity contribution in [1.82, 2.24) is 9.97 Å². The fourth-order valence-electron chi connectivity index (χ4n) is 0.680. The SMILES string of the molecule is C#CC(C)Oc1cc(C#N)ncn1. The minimum Gasteiger partial charge on any atom is -0.461 e. The van der Waals surface area contributed by atoms with Gasteiger partial charge in [-0.2, -0.15) is 5.26 Å². The molecule has 1 unspecified atom stereocenters. The molecule has 0 saturated heterocycles. The highest BCUT2D eigenvalue weighted by molar-refractivity contribution is 5.24. The van der Waals surface area contributed by atoms with Crippen molar-refractivity contribution < 1.29 is 4.74 Å². The fourth-order valence-corrected chi connectivity index (χ4v) is 0.680. The summed E-state index contributed by atoms with van der Waals surface area (Å²) in [7, 11) is 0. The van der Waals surface area contributed by atoms with E-state index in [2.05, 4.69) is 15.9 Å². The number of nitrogens with zero attached hydrogens (tertiary/aromatic N) is 3. The van der Waals surface area contributed by atoms with Crippen LogP contribution in [0.4, 0.5) is 0 Å². The van der Waals surface area contributed by atoms with Crippen LogP contribution in [-0.2, 0) is 0 Å². The summed E-state index contributed by atoms with van der Waals surface area (Å²) in [4.78, 5) is 7.48. The third-order valence-electron chi connectivity index (χ3n) is 1.29. The standard InChI is InChI=1S/C9H7N3O/c1-3-7(2)13-9-4-8(5-10)11-6-12-9/h1,4,6-7H,2H3. The van der Waals surface area contributed by atoms with Crippen LogP contribution in [0.3, 0.4) is 0 Å². The van der Waals surface area contributed by atoms with Crippen molar-refractivity contribution in [1.29, 1.82) is 5.26 Å². The predicted octanol–water partition coefficient (Wildman–Crippen LogP) is 0.749. The molecule has 0 aliphatic rings. The van der Waals surface area contributed by atoms with Crippen molar-refractivity contribution in [3.63, 3.8) is 0 Å². The molecule has 1 heterocycles. The third-order valence-corrected chi connectivity index (χ3v) is 1.29. The lowest BCUT2D eigenvalue weighted by atomic mass is 10.4. The Labute approximate surface area is 76.2 Å². The highest BCUT2D eigenvalue weighted by Gasteiger charge is 2.01. The van der Waals surface area contributed by atoms with Crippen LogP contribution < -0.4 is 4.74 Å². The number of ether oxygens (including phenoxy) is 1. The Morgan fingerprint density at radius 2 is 2.38 bits per heavy atom. The van der Waals surface area contributed by atoms with Crippen molar-refractivity contribution in [3.8, 4) is 24.3 Å². The van der Waals surface area contributed by atoms with Gasteiger partial charge in [0, 0.05) is 6.07 Å². The van der Waals surface area contributed by atoms with Gasteiger partial charge >= 0.3 is 0 Å². The lowest BCUT2D eigenvalue weighted by Crippen LogP contribution is -2.09. The second-order valence-corrected chi connectivity index (χ2v) is 2.28. The van der Waals surface area contributed by atoms with Crippen molar-refractivity contribution in [3.05, 3.63) is 18.1 Å². The Morgan fingerprint density at radius 1 is 1.62 bits per heavy atom. The molecule has 0 spiro atoms. The van der Waals surface area contributed by atoms with Crippen LogP contribution in [0.1, 0.15) is 12.6 Å². The zero-order valence-electron chi connectivity index (χ0n) is 7.06. The predicted molar refractivity (Wildman–Crippen MR) is 45.7 cm³/mol. The van der Waals surface area contributed by atoms with E-state index >= 15 is 0 Å². The molecule has 4 heteroatoms. The van der Waals surface area contributed by atoms with Gasteiger partial charge in [0.2, 0.25) is 5.88 Å². The largest absolute Gasteiger partial charge is 0.461 e. The minimum atomic E-state index is -0.360. The molecule has 0 N–H and O–H groups in total. The summed E-state index contributed by atoms with van der Waals surface area (Å²) in [6.45, 7) is 1.72. The van der Waals surface area contributed by atoms with Gasteiger partial charge in [0.1, 0.15) is 18.1 Å². The van der Waals surface area contributed by atoms with Gasteiger partial charge < -0.3 is 4.74 Å². The monoisotopic (exact) mass is 173 g/mol. The Hall–Kier alpha value is -2.07.